The maximum atomic E-state index is 6.66. The molecule has 0 unspecified atom stereocenters. The van der Waals surface area contributed by atoms with Crippen LogP contribution in [0.3, 0.4) is 0 Å². The highest BCUT2D eigenvalue weighted by Crippen LogP contribution is 2.43. The van der Waals surface area contributed by atoms with Crippen LogP contribution in [0, 0.1) is 0 Å². The van der Waals surface area contributed by atoms with Gasteiger partial charge in [-0.1, -0.05) is 158 Å². The third kappa shape index (κ3) is 5.47. The summed E-state index contributed by atoms with van der Waals surface area (Å²) < 4.78 is 12.9. The first-order valence-electron chi connectivity index (χ1n) is 18.8. The molecule has 0 atom stereocenters. The van der Waals surface area contributed by atoms with E-state index in [2.05, 4.69) is 140 Å². The second kappa shape index (κ2) is 13.1. The Labute approximate surface area is 323 Å². The molecule has 0 aliphatic rings. The maximum absolute atomic E-state index is 6.66. The molecule has 0 saturated heterocycles. The van der Waals surface area contributed by atoms with Crippen molar-refractivity contribution in [2.45, 2.75) is 0 Å². The summed E-state index contributed by atoms with van der Waals surface area (Å²) >= 11 is 0. The molecule has 8 aromatic carbocycles. The summed E-state index contributed by atoms with van der Waals surface area (Å²) in [7, 11) is 0. The van der Waals surface area contributed by atoms with Crippen molar-refractivity contribution < 1.29 is 8.83 Å². The SMILES string of the molecule is c1ccc(-c2ccc(-c3cc(-c4ccc(-c5ccc(-c6ccc7c(c6)oc6ccccc67)c6oc7ccccc7c56)cc4)nc(-c4ccccc4)n3)cc2)cc1. The van der Waals surface area contributed by atoms with Crippen molar-refractivity contribution in [3.8, 4) is 67.3 Å². The van der Waals surface area contributed by atoms with Gasteiger partial charge < -0.3 is 8.83 Å². The van der Waals surface area contributed by atoms with Gasteiger partial charge in [0.2, 0.25) is 0 Å². The Morgan fingerprint density at radius 3 is 1.50 bits per heavy atom. The van der Waals surface area contributed by atoms with Crippen molar-refractivity contribution in [2.24, 2.45) is 0 Å². The number of para-hydroxylation sites is 2. The Morgan fingerprint density at radius 2 is 0.804 bits per heavy atom. The molecule has 3 heterocycles. The van der Waals surface area contributed by atoms with Gasteiger partial charge in [-0.2, -0.15) is 0 Å². The van der Waals surface area contributed by atoms with Crippen LogP contribution < -0.4 is 0 Å². The molecule has 11 aromatic rings. The molecule has 0 saturated carbocycles. The van der Waals surface area contributed by atoms with Crippen molar-refractivity contribution in [1.82, 2.24) is 9.97 Å². The molecule has 4 nitrogen and oxygen atoms in total. The Morgan fingerprint density at radius 1 is 0.304 bits per heavy atom. The van der Waals surface area contributed by atoms with E-state index in [1.807, 2.05) is 54.6 Å². The van der Waals surface area contributed by atoms with E-state index >= 15 is 0 Å². The molecule has 0 amide bonds. The normalized spacial score (nSPS) is 11.6. The summed E-state index contributed by atoms with van der Waals surface area (Å²) in [5.41, 5.74) is 14.9. The zero-order valence-corrected chi connectivity index (χ0v) is 30.2. The first kappa shape index (κ1) is 31.9. The molecule has 4 heteroatoms. The highest BCUT2D eigenvalue weighted by Gasteiger charge is 2.19. The molecular weight excluding hydrogens is 685 g/mol. The van der Waals surface area contributed by atoms with Crippen LogP contribution in [-0.2, 0) is 0 Å². The molecule has 0 N–H and O–H groups in total. The summed E-state index contributed by atoms with van der Waals surface area (Å²) in [5.74, 6) is 0.692. The lowest BCUT2D eigenvalue weighted by Gasteiger charge is -2.11. The Bertz CT molecular complexity index is 3220. The highest BCUT2D eigenvalue weighted by molar-refractivity contribution is 6.17. The molecule has 3 aromatic heterocycles. The van der Waals surface area contributed by atoms with E-state index in [1.165, 1.54) is 11.1 Å². The smallest absolute Gasteiger partial charge is 0.160 e. The van der Waals surface area contributed by atoms with Crippen LogP contribution in [0.5, 0.6) is 0 Å². The summed E-state index contributed by atoms with van der Waals surface area (Å²) in [5, 5.41) is 4.40. The fourth-order valence-corrected chi connectivity index (χ4v) is 7.93. The van der Waals surface area contributed by atoms with Gasteiger partial charge in [0, 0.05) is 43.8 Å². The number of rotatable bonds is 6. The minimum absolute atomic E-state index is 0.692. The topological polar surface area (TPSA) is 52.1 Å². The summed E-state index contributed by atoms with van der Waals surface area (Å²) in [6.07, 6.45) is 0. The van der Waals surface area contributed by atoms with E-state index < -0.39 is 0 Å². The predicted molar refractivity (Wildman–Crippen MR) is 229 cm³/mol. The number of benzene rings is 8. The van der Waals surface area contributed by atoms with Crippen molar-refractivity contribution in [1.29, 1.82) is 0 Å². The molecule has 0 radical (unpaired) electrons. The number of furan rings is 2. The average molecular weight is 717 g/mol. The molecule has 0 aliphatic heterocycles. The molecule has 262 valence electrons. The van der Waals surface area contributed by atoms with E-state index in [-0.39, 0.29) is 0 Å². The monoisotopic (exact) mass is 716 g/mol. The second-order valence-electron chi connectivity index (χ2n) is 14.1. The summed E-state index contributed by atoms with van der Waals surface area (Å²) in [6, 6.07) is 67.3. The van der Waals surface area contributed by atoms with Crippen LogP contribution >= 0.6 is 0 Å². The molecule has 11 rings (SSSR count). The van der Waals surface area contributed by atoms with Gasteiger partial charge in [0.25, 0.3) is 0 Å². The number of hydrogen-bond acceptors (Lipinski definition) is 4. The first-order valence-corrected chi connectivity index (χ1v) is 18.8. The van der Waals surface area contributed by atoms with Crippen LogP contribution in [0.25, 0.3) is 111 Å². The van der Waals surface area contributed by atoms with E-state index in [0.29, 0.717) is 5.82 Å². The molecule has 0 bridgehead atoms. The second-order valence-corrected chi connectivity index (χ2v) is 14.1. The van der Waals surface area contributed by atoms with E-state index in [0.717, 1.165) is 94.2 Å². The van der Waals surface area contributed by atoms with Gasteiger partial charge in [0.05, 0.1) is 11.4 Å². The van der Waals surface area contributed by atoms with Crippen LogP contribution in [0.2, 0.25) is 0 Å². The molecule has 0 spiro atoms. The van der Waals surface area contributed by atoms with Crippen LogP contribution in [0.1, 0.15) is 0 Å². The molecular formula is C52H32N2O2. The predicted octanol–water partition coefficient (Wildman–Crippen LogP) is 14.3. The van der Waals surface area contributed by atoms with Crippen LogP contribution in [-0.4, -0.2) is 9.97 Å². The zero-order chi connectivity index (χ0) is 37.0. The lowest BCUT2D eigenvalue weighted by Crippen LogP contribution is -1.96. The highest BCUT2D eigenvalue weighted by atomic mass is 16.3. The molecule has 56 heavy (non-hydrogen) atoms. The lowest BCUT2D eigenvalue weighted by atomic mass is 9.93. The largest absolute Gasteiger partial charge is 0.456 e. The van der Waals surface area contributed by atoms with Gasteiger partial charge in [-0.3, -0.25) is 0 Å². The maximum Gasteiger partial charge on any atom is 0.160 e. The van der Waals surface area contributed by atoms with E-state index in [1.54, 1.807) is 0 Å². The van der Waals surface area contributed by atoms with Gasteiger partial charge in [0.15, 0.2) is 5.82 Å². The van der Waals surface area contributed by atoms with E-state index in [9.17, 15) is 0 Å². The first-order chi connectivity index (χ1) is 27.7. The van der Waals surface area contributed by atoms with E-state index in [4.69, 9.17) is 18.8 Å². The van der Waals surface area contributed by atoms with Gasteiger partial charge in [-0.05, 0) is 64.2 Å². The van der Waals surface area contributed by atoms with Gasteiger partial charge in [-0.15, -0.1) is 0 Å². The summed E-state index contributed by atoms with van der Waals surface area (Å²) in [4.78, 5) is 10.2. The fraction of sp³-hybridized carbons (Fsp3) is 0. The zero-order valence-electron chi connectivity index (χ0n) is 30.2. The number of hydrogen-bond donors (Lipinski definition) is 0. The summed E-state index contributed by atoms with van der Waals surface area (Å²) in [6.45, 7) is 0. The molecule has 0 aliphatic carbocycles. The number of nitrogens with zero attached hydrogens (tertiary/aromatic N) is 2. The minimum Gasteiger partial charge on any atom is -0.456 e. The Hall–Kier alpha value is -7.56. The van der Waals surface area contributed by atoms with Gasteiger partial charge in [-0.25, -0.2) is 9.97 Å². The lowest BCUT2D eigenvalue weighted by molar-refractivity contribution is 0.668. The van der Waals surface area contributed by atoms with Gasteiger partial charge >= 0.3 is 0 Å². The van der Waals surface area contributed by atoms with Crippen molar-refractivity contribution >= 4 is 43.9 Å². The minimum atomic E-state index is 0.692. The van der Waals surface area contributed by atoms with Crippen molar-refractivity contribution in [3.05, 3.63) is 194 Å². The van der Waals surface area contributed by atoms with Crippen molar-refractivity contribution in [2.75, 3.05) is 0 Å². The Balaban J connectivity index is 1.00. The Kier molecular flexibility index (Phi) is 7.46. The van der Waals surface area contributed by atoms with Gasteiger partial charge in [0.1, 0.15) is 22.3 Å². The number of fused-ring (bicyclic) bond motifs is 6. The van der Waals surface area contributed by atoms with Crippen LogP contribution in [0.15, 0.2) is 203 Å². The average Bonchev–Trinajstić information content (AvgIpc) is 3.85. The third-order valence-electron chi connectivity index (χ3n) is 10.8. The fourth-order valence-electron chi connectivity index (χ4n) is 7.93. The van der Waals surface area contributed by atoms with Crippen LogP contribution in [0.4, 0.5) is 0 Å². The van der Waals surface area contributed by atoms with Crippen molar-refractivity contribution in [3.63, 3.8) is 0 Å². The standard InChI is InChI=1S/C52H32N2O2/c1-3-11-33(12-4-1)34-19-23-36(24-20-34)45-32-46(54-52(53-45)38-13-5-2-6-14-38)37-25-21-35(22-26-37)40-29-30-41(51-50(40)44-16-8-10-18-48(44)56-51)39-27-28-43-42-15-7-9-17-47(42)55-49(43)31-39/h1-32H. The quantitative estimate of drug-likeness (QED) is 0.172. The third-order valence-corrected chi connectivity index (χ3v) is 10.8. The number of aromatic nitrogens is 2. The molecule has 0 fully saturated rings.